The van der Waals surface area contributed by atoms with Crippen LogP contribution in [0.5, 0.6) is 0 Å². The number of hydrogen-bond acceptors (Lipinski definition) is 5. The number of aromatic nitrogens is 1. The van der Waals surface area contributed by atoms with E-state index >= 15 is 0 Å². The molecule has 0 aromatic carbocycles. The molecule has 1 aromatic rings. The average molecular weight is 264 g/mol. The first-order valence-electron chi connectivity index (χ1n) is 6.45. The maximum absolute atomic E-state index is 13.9. The molecule has 0 unspecified atom stereocenters. The minimum atomic E-state index is -0.347. The van der Waals surface area contributed by atoms with E-state index < -0.39 is 0 Å². The van der Waals surface area contributed by atoms with E-state index in [1.54, 1.807) is 6.07 Å². The van der Waals surface area contributed by atoms with Crippen molar-refractivity contribution in [2.75, 3.05) is 25.1 Å². The van der Waals surface area contributed by atoms with E-state index in [1.165, 1.54) is 13.3 Å². The summed E-state index contributed by atoms with van der Waals surface area (Å²) in [4.78, 5) is 11.3. The van der Waals surface area contributed by atoms with E-state index in [1.807, 2.05) is 0 Å². The van der Waals surface area contributed by atoms with E-state index in [9.17, 15) is 4.39 Å². The number of anilines is 1. The van der Waals surface area contributed by atoms with Crippen molar-refractivity contribution < 1.29 is 9.23 Å². The van der Waals surface area contributed by atoms with Gasteiger partial charge in [0.1, 0.15) is 18.6 Å². The second-order valence-electron chi connectivity index (χ2n) is 5.03. The van der Waals surface area contributed by atoms with Crippen LogP contribution in [0.3, 0.4) is 0 Å². The van der Waals surface area contributed by atoms with Crippen molar-refractivity contribution in [1.82, 2.24) is 10.3 Å². The largest absolute Gasteiger partial charge is 0.399 e. The molecule has 3 rings (SSSR count). The second kappa shape index (κ2) is 4.77. The Hall–Kier alpha value is -1.69. The molecule has 1 saturated heterocycles. The highest BCUT2D eigenvalue weighted by atomic mass is 19.1. The zero-order valence-corrected chi connectivity index (χ0v) is 11.1. The highest BCUT2D eigenvalue weighted by Crippen LogP contribution is 2.34. The Morgan fingerprint density at radius 2 is 2.42 bits per heavy atom. The first kappa shape index (κ1) is 12.3. The van der Waals surface area contributed by atoms with Crippen molar-refractivity contribution in [1.29, 1.82) is 0 Å². The van der Waals surface area contributed by atoms with Crippen LogP contribution in [0.2, 0.25) is 0 Å². The lowest BCUT2D eigenvalue weighted by Crippen LogP contribution is -2.55. The van der Waals surface area contributed by atoms with Crippen LogP contribution >= 0.6 is 0 Å². The summed E-state index contributed by atoms with van der Waals surface area (Å²) in [6.45, 7) is 4.00. The molecule has 5 nitrogen and oxygen atoms in total. The number of nitrogens with one attached hydrogen (secondary N) is 1. The number of rotatable bonds is 2. The number of piperazine rings is 1. The van der Waals surface area contributed by atoms with Crippen LogP contribution in [0.25, 0.3) is 0 Å². The lowest BCUT2D eigenvalue weighted by Gasteiger charge is -2.37. The van der Waals surface area contributed by atoms with Gasteiger partial charge in [0.2, 0.25) is 0 Å². The molecule has 102 valence electrons. The molecule has 2 atom stereocenters. The van der Waals surface area contributed by atoms with Crippen molar-refractivity contribution in [2.24, 2.45) is 5.16 Å². The smallest absolute Gasteiger partial charge is 0.151 e. The molecule has 0 saturated carbocycles. The molecule has 2 aliphatic rings. The van der Waals surface area contributed by atoms with Crippen molar-refractivity contribution in [2.45, 2.75) is 25.4 Å². The van der Waals surface area contributed by atoms with Crippen LogP contribution in [0.1, 0.15) is 18.2 Å². The highest BCUT2D eigenvalue weighted by molar-refractivity contribution is 5.78. The van der Waals surface area contributed by atoms with Crippen molar-refractivity contribution >= 4 is 12.0 Å². The summed E-state index contributed by atoms with van der Waals surface area (Å²) in [6, 6.07) is 2.31. The quantitative estimate of drug-likeness (QED) is 0.637. The molecule has 19 heavy (non-hydrogen) atoms. The number of pyridine rings is 1. The minimum absolute atomic E-state index is 0.229. The van der Waals surface area contributed by atoms with Gasteiger partial charge in [0.05, 0.1) is 6.21 Å². The maximum Gasteiger partial charge on any atom is 0.151 e. The minimum Gasteiger partial charge on any atom is -0.399 e. The summed E-state index contributed by atoms with van der Waals surface area (Å²) in [6.07, 6.45) is 2.16. The topological polar surface area (TPSA) is 49.8 Å². The number of oxime groups is 1. The van der Waals surface area contributed by atoms with Gasteiger partial charge in [-0.3, -0.25) is 0 Å². The predicted molar refractivity (Wildman–Crippen MR) is 71.1 cm³/mol. The Morgan fingerprint density at radius 3 is 3.21 bits per heavy atom. The summed E-state index contributed by atoms with van der Waals surface area (Å²) >= 11 is 0. The van der Waals surface area contributed by atoms with Crippen molar-refractivity contribution in [3.8, 4) is 0 Å². The van der Waals surface area contributed by atoms with Gasteiger partial charge >= 0.3 is 0 Å². The van der Waals surface area contributed by atoms with Gasteiger partial charge in [-0.15, -0.1) is 0 Å². The van der Waals surface area contributed by atoms with Crippen molar-refractivity contribution in [3.63, 3.8) is 0 Å². The third kappa shape index (κ3) is 2.06. The van der Waals surface area contributed by atoms with E-state index in [0.717, 1.165) is 30.9 Å². The number of nitrogens with zero attached hydrogens (tertiary/aromatic N) is 3. The van der Waals surface area contributed by atoms with E-state index in [-0.39, 0.29) is 11.5 Å². The third-order valence-corrected chi connectivity index (χ3v) is 3.73. The number of hydrogen-bond donors (Lipinski definition) is 1. The third-order valence-electron chi connectivity index (χ3n) is 3.73. The van der Waals surface area contributed by atoms with Gasteiger partial charge in [-0.05, 0) is 25.0 Å². The van der Waals surface area contributed by atoms with Gasteiger partial charge in [-0.2, -0.15) is 0 Å². The standard InChI is InChI=1S/C13H17FN4O/c1-8-5-15-6-10-3-9-4-11(14)12(7-16-19-2)17-13(9)18(8)10/h4,7-8,10,15H,3,5-6H2,1-2H3/t8-,10-/m1/s1. The van der Waals surface area contributed by atoms with Gasteiger partial charge in [-0.1, -0.05) is 5.16 Å². The Balaban J connectivity index is 2.00. The van der Waals surface area contributed by atoms with E-state index in [2.05, 4.69) is 32.1 Å². The van der Waals surface area contributed by atoms with Crippen LogP contribution in [0.4, 0.5) is 10.2 Å². The SMILES string of the molecule is CON=Cc1nc2c(cc1F)C[C@@H]1CNC[C@@H](C)N21. The van der Waals surface area contributed by atoms with Crippen LogP contribution < -0.4 is 10.2 Å². The highest BCUT2D eigenvalue weighted by Gasteiger charge is 2.36. The Kier molecular flexibility index (Phi) is 3.10. The molecule has 0 aliphatic carbocycles. The number of halogens is 1. The van der Waals surface area contributed by atoms with Crippen molar-refractivity contribution in [3.05, 3.63) is 23.1 Å². The zero-order valence-electron chi connectivity index (χ0n) is 11.1. The summed E-state index contributed by atoms with van der Waals surface area (Å²) in [5.41, 5.74) is 1.21. The fourth-order valence-electron chi connectivity index (χ4n) is 2.92. The summed E-state index contributed by atoms with van der Waals surface area (Å²) in [5.74, 6) is 0.540. The molecule has 1 fully saturated rings. The molecule has 3 heterocycles. The predicted octanol–water partition coefficient (Wildman–Crippen LogP) is 0.924. The zero-order chi connectivity index (χ0) is 13.4. The molecule has 0 spiro atoms. The van der Waals surface area contributed by atoms with E-state index in [0.29, 0.717) is 12.1 Å². The molecule has 2 aliphatic heterocycles. The fraction of sp³-hybridized carbons (Fsp3) is 0.538. The Labute approximate surface area is 111 Å². The lowest BCUT2D eigenvalue weighted by molar-refractivity contribution is 0.215. The van der Waals surface area contributed by atoms with Gasteiger partial charge in [0, 0.05) is 25.2 Å². The molecular weight excluding hydrogens is 247 g/mol. The summed E-state index contributed by atoms with van der Waals surface area (Å²) < 4.78 is 13.9. The van der Waals surface area contributed by atoms with Gasteiger partial charge in [0.25, 0.3) is 0 Å². The lowest BCUT2D eigenvalue weighted by atomic mass is 10.1. The molecular formula is C13H17FN4O. The molecule has 0 amide bonds. The Bertz CT molecular complexity index is 520. The fourth-order valence-corrected chi connectivity index (χ4v) is 2.92. The van der Waals surface area contributed by atoms with Crippen LogP contribution in [-0.4, -0.2) is 43.5 Å². The Morgan fingerprint density at radius 1 is 1.58 bits per heavy atom. The van der Waals surface area contributed by atoms with Gasteiger partial charge in [0.15, 0.2) is 5.82 Å². The van der Waals surface area contributed by atoms with E-state index in [4.69, 9.17) is 0 Å². The van der Waals surface area contributed by atoms with Crippen LogP contribution in [0.15, 0.2) is 11.2 Å². The van der Waals surface area contributed by atoms with Crippen LogP contribution in [0, 0.1) is 5.82 Å². The average Bonchev–Trinajstić information content (AvgIpc) is 2.74. The molecule has 1 aromatic heterocycles. The molecule has 0 radical (unpaired) electrons. The van der Waals surface area contributed by atoms with Crippen LogP contribution in [-0.2, 0) is 11.3 Å². The molecule has 1 N–H and O–H groups in total. The molecule has 0 bridgehead atoms. The monoisotopic (exact) mass is 264 g/mol. The summed E-state index contributed by atoms with van der Waals surface area (Å²) in [5, 5.41) is 6.99. The van der Waals surface area contributed by atoms with Gasteiger partial charge < -0.3 is 15.1 Å². The molecule has 6 heteroatoms. The second-order valence-corrected chi connectivity index (χ2v) is 5.03. The normalized spacial score (nSPS) is 25.5. The maximum atomic E-state index is 13.9. The number of fused-ring (bicyclic) bond motifs is 3. The van der Waals surface area contributed by atoms with Gasteiger partial charge in [-0.25, -0.2) is 9.37 Å². The first-order valence-corrected chi connectivity index (χ1v) is 6.45. The summed E-state index contributed by atoms with van der Waals surface area (Å²) in [7, 11) is 1.43. The first-order chi connectivity index (χ1) is 9.20.